The highest BCUT2D eigenvalue weighted by atomic mass is 19.1. The van der Waals surface area contributed by atoms with Crippen LogP contribution in [0.5, 0.6) is 0 Å². The summed E-state index contributed by atoms with van der Waals surface area (Å²) in [6.07, 6.45) is 0.953. The van der Waals surface area contributed by atoms with Crippen molar-refractivity contribution in [1.82, 2.24) is 9.88 Å². The number of rotatable bonds is 2. The summed E-state index contributed by atoms with van der Waals surface area (Å²) in [5, 5.41) is 9.43. The van der Waals surface area contributed by atoms with E-state index in [4.69, 9.17) is 5.11 Å². The predicted octanol–water partition coefficient (Wildman–Crippen LogP) is 1.36. The lowest BCUT2D eigenvalue weighted by Crippen LogP contribution is -2.40. The Hall–Kier alpha value is -2.70. The van der Waals surface area contributed by atoms with Crippen molar-refractivity contribution in [1.29, 1.82) is 0 Å². The van der Waals surface area contributed by atoms with E-state index in [1.807, 2.05) is 0 Å². The van der Waals surface area contributed by atoms with E-state index in [1.165, 1.54) is 17.0 Å². The smallest absolute Gasteiger partial charge is 0.326 e. The molecule has 1 aliphatic rings. The van der Waals surface area contributed by atoms with Crippen LogP contribution < -0.4 is 5.56 Å². The SMILES string of the molecule is O=C(O)[C@@H]1CCCN1C(=O)c1cc(=O)[nH]c2ccc(F)cc12. The lowest BCUT2D eigenvalue weighted by molar-refractivity contribution is -0.141. The normalized spacial score (nSPS) is 17.9. The third kappa shape index (κ3) is 2.34. The van der Waals surface area contributed by atoms with Gasteiger partial charge in [-0.15, -0.1) is 0 Å². The van der Waals surface area contributed by atoms with Gasteiger partial charge >= 0.3 is 5.97 Å². The highest BCUT2D eigenvalue weighted by molar-refractivity contribution is 6.07. The Morgan fingerprint density at radius 1 is 1.32 bits per heavy atom. The number of amides is 1. The maximum Gasteiger partial charge on any atom is 0.326 e. The van der Waals surface area contributed by atoms with Crippen LogP contribution in [0, 0.1) is 5.82 Å². The zero-order chi connectivity index (χ0) is 15.9. The zero-order valence-electron chi connectivity index (χ0n) is 11.5. The number of aliphatic carboxylic acids is 1. The van der Waals surface area contributed by atoms with Crippen LogP contribution in [0.2, 0.25) is 0 Å². The Balaban J connectivity index is 2.13. The maximum atomic E-state index is 13.5. The molecule has 1 saturated heterocycles. The van der Waals surface area contributed by atoms with Crippen molar-refractivity contribution in [3.63, 3.8) is 0 Å². The van der Waals surface area contributed by atoms with Gasteiger partial charge in [0, 0.05) is 23.5 Å². The standard InChI is InChI=1S/C15H13FN2O4/c16-8-3-4-11-9(6-8)10(7-13(19)17-11)14(20)18-5-1-2-12(18)15(21)22/h3-4,6-7,12H,1-2,5H2,(H,17,19)(H,21,22)/t12-/m0/s1. The number of nitrogens with one attached hydrogen (secondary N) is 1. The molecule has 0 aliphatic carbocycles. The molecule has 0 saturated carbocycles. The van der Waals surface area contributed by atoms with E-state index in [0.717, 1.165) is 12.1 Å². The number of carbonyl (C=O) groups is 2. The van der Waals surface area contributed by atoms with Crippen LogP contribution in [0.4, 0.5) is 4.39 Å². The van der Waals surface area contributed by atoms with E-state index in [-0.39, 0.29) is 10.9 Å². The molecule has 6 nitrogen and oxygen atoms in total. The number of pyridine rings is 1. The maximum absolute atomic E-state index is 13.5. The Bertz CT molecular complexity index is 830. The van der Waals surface area contributed by atoms with E-state index in [2.05, 4.69) is 4.98 Å². The molecule has 2 N–H and O–H groups in total. The molecule has 1 atom stereocenters. The number of nitrogens with zero attached hydrogens (tertiary/aromatic N) is 1. The molecule has 114 valence electrons. The van der Waals surface area contributed by atoms with Gasteiger partial charge in [0.15, 0.2) is 0 Å². The minimum atomic E-state index is -1.08. The van der Waals surface area contributed by atoms with E-state index in [1.54, 1.807) is 0 Å². The van der Waals surface area contributed by atoms with Crippen LogP contribution in [-0.4, -0.2) is 39.5 Å². The number of hydrogen-bond acceptors (Lipinski definition) is 3. The fourth-order valence-electron chi connectivity index (χ4n) is 2.82. The second-order valence-electron chi connectivity index (χ2n) is 5.23. The summed E-state index contributed by atoms with van der Waals surface area (Å²) in [7, 11) is 0. The van der Waals surface area contributed by atoms with Gasteiger partial charge in [-0.2, -0.15) is 0 Å². The number of aromatic amines is 1. The number of fused-ring (bicyclic) bond motifs is 1. The van der Waals surface area contributed by atoms with Crippen molar-refractivity contribution < 1.29 is 19.1 Å². The fourth-order valence-corrected chi connectivity index (χ4v) is 2.82. The van der Waals surface area contributed by atoms with Crippen molar-refractivity contribution in [3.05, 3.63) is 46.0 Å². The number of H-pyrrole nitrogens is 1. The van der Waals surface area contributed by atoms with Crippen LogP contribution in [0.25, 0.3) is 10.9 Å². The summed E-state index contributed by atoms with van der Waals surface area (Å²) < 4.78 is 13.5. The molecule has 1 aromatic heterocycles. The lowest BCUT2D eigenvalue weighted by atomic mass is 10.1. The number of carbonyl (C=O) groups excluding carboxylic acids is 1. The zero-order valence-corrected chi connectivity index (χ0v) is 11.5. The van der Waals surface area contributed by atoms with Crippen molar-refractivity contribution in [2.75, 3.05) is 6.54 Å². The summed E-state index contributed by atoms with van der Waals surface area (Å²) in [6.45, 7) is 0.305. The lowest BCUT2D eigenvalue weighted by Gasteiger charge is -2.22. The summed E-state index contributed by atoms with van der Waals surface area (Å²) in [5.41, 5.74) is -0.136. The van der Waals surface area contributed by atoms with Crippen molar-refractivity contribution in [2.45, 2.75) is 18.9 Å². The van der Waals surface area contributed by atoms with Gasteiger partial charge in [0.05, 0.1) is 5.56 Å². The molecular weight excluding hydrogens is 291 g/mol. The molecule has 0 spiro atoms. The Morgan fingerprint density at radius 2 is 2.09 bits per heavy atom. The van der Waals surface area contributed by atoms with Crippen LogP contribution in [0.15, 0.2) is 29.1 Å². The predicted molar refractivity (Wildman–Crippen MR) is 76.2 cm³/mol. The van der Waals surface area contributed by atoms with Crippen molar-refractivity contribution in [3.8, 4) is 0 Å². The van der Waals surface area contributed by atoms with Gasteiger partial charge in [0.1, 0.15) is 11.9 Å². The highest BCUT2D eigenvalue weighted by Crippen LogP contribution is 2.23. The number of benzene rings is 1. The Morgan fingerprint density at radius 3 is 2.82 bits per heavy atom. The minimum absolute atomic E-state index is 0.0198. The quantitative estimate of drug-likeness (QED) is 0.876. The summed E-state index contributed by atoms with van der Waals surface area (Å²) in [6, 6.07) is 3.89. The number of likely N-dealkylation sites (tertiary alicyclic amines) is 1. The van der Waals surface area contributed by atoms with E-state index >= 15 is 0 Å². The van der Waals surface area contributed by atoms with Crippen LogP contribution in [0.3, 0.4) is 0 Å². The molecule has 0 unspecified atom stereocenters. The highest BCUT2D eigenvalue weighted by Gasteiger charge is 2.35. The third-order valence-corrected chi connectivity index (χ3v) is 3.83. The summed E-state index contributed by atoms with van der Waals surface area (Å²) in [4.78, 5) is 39.3. The van der Waals surface area contributed by atoms with E-state index < -0.39 is 29.3 Å². The fraction of sp³-hybridized carbons (Fsp3) is 0.267. The number of hydrogen-bond donors (Lipinski definition) is 2. The van der Waals surface area contributed by atoms with Crippen molar-refractivity contribution >= 4 is 22.8 Å². The second-order valence-corrected chi connectivity index (χ2v) is 5.23. The first-order valence-electron chi connectivity index (χ1n) is 6.84. The second kappa shape index (κ2) is 5.25. The average Bonchev–Trinajstić information content (AvgIpc) is 2.96. The van der Waals surface area contributed by atoms with Gasteiger partial charge in [-0.3, -0.25) is 9.59 Å². The van der Waals surface area contributed by atoms with E-state index in [0.29, 0.717) is 24.9 Å². The minimum Gasteiger partial charge on any atom is -0.480 e. The van der Waals surface area contributed by atoms with Crippen molar-refractivity contribution in [2.24, 2.45) is 0 Å². The molecule has 3 rings (SSSR count). The monoisotopic (exact) mass is 304 g/mol. The molecule has 1 aliphatic heterocycles. The molecule has 22 heavy (non-hydrogen) atoms. The summed E-state index contributed by atoms with van der Waals surface area (Å²) in [5.74, 6) is -2.18. The number of halogens is 1. The average molecular weight is 304 g/mol. The Labute approximate surface area is 124 Å². The Kier molecular flexibility index (Phi) is 3.40. The first-order valence-corrected chi connectivity index (χ1v) is 6.84. The largest absolute Gasteiger partial charge is 0.480 e. The van der Waals surface area contributed by atoms with Gasteiger partial charge in [0.25, 0.3) is 5.91 Å². The van der Waals surface area contributed by atoms with Gasteiger partial charge in [-0.25, -0.2) is 9.18 Å². The van der Waals surface area contributed by atoms with Gasteiger partial charge in [-0.1, -0.05) is 0 Å². The van der Waals surface area contributed by atoms with Gasteiger partial charge in [0.2, 0.25) is 5.56 Å². The molecule has 1 amide bonds. The molecule has 2 aromatic rings. The third-order valence-electron chi connectivity index (χ3n) is 3.83. The van der Waals surface area contributed by atoms with Crippen LogP contribution in [0.1, 0.15) is 23.2 Å². The summed E-state index contributed by atoms with van der Waals surface area (Å²) >= 11 is 0. The molecule has 0 radical (unpaired) electrons. The first kappa shape index (κ1) is 14.2. The molecular formula is C15H13FN2O4. The number of carboxylic acid groups (broad SMARTS) is 1. The molecule has 7 heteroatoms. The van der Waals surface area contributed by atoms with Gasteiger partial charge < -0.3 is 15.0 Å². The van der Waals surface area contributed by atoms with E-state index in [9.17, 15) is 18.8 Å². The molecule has 1 aromatic carbocycles. The molecule has 2 heterocycles. The van der Waals surface area contributed by atoms with Crippen LogP contribution >= 0.6 is 0 Å². The van der Waals surface area contributed by atoms with Crippen LogP contribution in [-0.2, 0) is 4.79 Å². The van der Waals surface area contributed by atoms with Gasteiger partial charge in [-0.05, 0) is 31.0 Å². The number of aromatic nitrogens is 1. The molecule has 0 bridgehead atoms. The molecule has 1 fully saturated rings. The first-order chi connectivity index (χ1) is 10.5. The topological polar surface area (TPSA) is 90.5 Å². The number of carboxylic acids is 1.